The van der Waals surface area contributed by atoms with Gasteiger partial charge in [0.15, 0.2) is 0 Å². The number of aromatic nitrogens is 4. The molecule has 1 aliphatic carbocycles. The maximum atomic E-state index is 4.54. The van der Waals surface area contributed by atoms with Crippen molar-refractivity contribution < 1.29 is 0 Å². The van der Waals surface area contributed by atoms with Crippen LogP contribution in [0, 0.1) is 6.92 Å². The number of imidazole rings is 1. The highest BCUT2D eigenvalue weighted by Crippen LogP contribution is 2.32. The predicted octanol–water partition coefficient (Wildman–Crippen LogP) is 2.79. The lowest BCUT2D eigenvalue weighted by molar-refractivity contribution is 0.664. The number of fused-ring (bicyclic) bond motifs is 1. The Bertz CT molecular complexity index is 493. The second-order valence-corrected chi connectivity index (χ2v) is 4.96. The van der Waals surface area contributed by atoms with Crippen molar-refractivity contribution in [2.24, 2.45) is 0 Å². The van der Waals surface area contributed by atoms with E-state index < -0.39 is 0 Å². The van der Waals surface area contributed by atoms with E-state index >= 15 is 0 Å². The zero-order valence-electron chi connectivity index (χ0n) is 8.63. The number of aryl methyl sites for hydroxylation is 1. The van der Waals surface area contributed by atoms with Crippen molar-refractivity contribution in [3.63, 3.8) is 0 Å². The van der Waals surface area contributed by atoms with Crippen LogP contribution in [0.5, 0.6) is 0 Å². The summed E-state index contributed by atoms with van der Waals surface area (Å²) < 4.78 is 2.90. The van der Waals surface area contributed by atoms with Gasteiger partial charge in [-0.05, 0) is 35.7 Å². The number of nitrogens with one attached hydrogen (secondary N) is 1. The molecule has 2 aromatic heterocycles. The van der Waals surface area contributed by atoms with Crippen molar-refractivity contribution >= 4 is 21.7 Å². The third-order valence-electron chi connectivity index (χ3n) is 3.15. The van der Waals surface area contributed by atoms with E-state index in [1.165, 1.54) is 25.7 Å². The maximum absolute atomic E-state index is 4.54. The molecule has 1 aliphatic rings. The first-order chi connectivity index (χ1) is 7.25. The minimum Gasteiger partial charge on any atom is -0.277 e. The Balaban J connectivity index is 2.06. The smallest absolute Gasteiger partial charge is 0.251 e. The molecule has 2 aromatic rings. The van der Waals surface area contributed by atoms with Crippen molar-refractivity contribution in [3.05, 3.63) is 16.1 Å². The van der Waals surface area contributed by atoms with Gasteiger partial charge in [0.05, 0.1) is 5.69 Å². The highest BCUT2D eigenvalue weighted by Gasteiger charge is 2.21. The Hall–Kier alpha value is -0.840. The van der Waals surface area contributed by atoms with Crippen LogP contribution in [0.25, 0.3) is 5.78 Å². The lowest BCUT2D eigenvalue weighted by atomic mass is 10.1. The number of hydrogen-bond donors (Lipinski definition) is 1. The second kappa shape index (κ2) is 3.33. The molecule has 15 heavy (non-hydrogen) atoms. The van der Waals surface area contributed by atoms with E-state index in [1.54, 1.807) is 0 Å². The first-order valence-electron chi connectivity index (χ1n) is 5.36. The SMILES string of the molecule is Cc1nc2nc(C3CCCC3)[nH]n2c1Br. The van der Waals surface area contributed by atoms with Gasteiger partial charge in [-0.3, -0.25) is 5.10 Å². The molecule has 1 saturated carbocycles. The van der Waals surface area contributed by atoms with E-state index in [9.17, 15) is 0 Å². The summed E-state index contributed by atoms with van der Waals surface area (Å²) in [6, 6.07) is 0. The topological polar surface area (TPSA) is 46.0 Å². The molecule has 3 rings (SSSR count). The molecular weight excluding hydrogens is 256 g/mol. The van der Waals surface area contributed by atoms with Gasteiger partial charge in [-0.1, -0.05) is 12.8 Å². The van der Waals surface area contributed by atoms with E-state index in [0.717, 1.165) is 21.9 Å². The van der Waals surface area contributed by atoms with Crippen molar-refractivity contribution in [1.82, 2.24) is 19.6 Å². The Morgan fingerprint density at radius 1 is 1.33 bits per heavy atom. The molecule has 0 amide bonds. The lowest BCUT2D eigenvalue weighted by Crippen LogP contribution is -1.96. The molecule has 1 fully saturated rings. The lowest BCUT2D eigenvalue weighted by Gasteiger charge is -2.02. The van der Waals surface area contributed by atoms with Crippen molar-refractivity contribution in [2.45, 2.75) is 38.5 Å². The van der Waals surface area contributed by atoms with Crippen LogP contribution in [0.2, 0.25) is 0 Å². The molecule has 2 heterocycles. The quantitative estimate of drug-likeness (QED) is 0.865. The van der Waals surface area contributed by atoms with E-state index in [2.05, 4.69) is 31.0 Å². The largest absolute Gasteiger partial charge is 0.277 e. The Morgan fingerprint density at radius 2 is 2.07 bits per heavy atom. The summed E-state index contributed by atoms with van der Waals surface area (Å²) in [5.41, 5.74) is 0.978. The van der Waals surface area contributed by atoms with Crippen LogP contribution < -0.4 is 0 Å². The van der Waals surface area contributed by atoms with Crippen LogP contribution in [-0.2, 0) is 0 Å². The molecule has 1 N–H and O–H groups in total. The Labute approximate surface area is 96.2 Å². The van der Waals surface area contributed by atoms with Crippen LogP contribution in [0.1, 0.15) is 43.1 Å². The van der Waals surface area contributed by atoms with Crippen LogP contribution in [0.3, 0.4) is 0 Å². The highest BCUT2D eigenvalue weighted by molar-refractivity contribution is 9.10. The van der Waals surface area contributed by atoms with E-state index in [0.29, 0.717) is 5.92 Å². The van der Waals surface area contributed by atoms with Crippen LogP contribution in [0.4, 0.5) is 0 Å². The van der Waals surface area contributed by atoms with Gasteiger partial charge in [0, 0.05) is 5.92 Å². The van der Waals surface area contributed by atoms with Gasteiger partial charge < -0.3 is 0 Å². The van der Waals surface area contributed by atoms with Gasteiger partial charge in [-0.15, -0.1) is 0 Å². The molecule has 0 aliphatic heterocycles. The first-order valence-corrected chi connectivity index (χ1v) is 6.15. The number of H-pyrrole nitrogens is 1. The Morgan fingerprint density at radius 3 is 2.73 bits per heavy atom. The third-order valence-corrected chi connectivity index (χ3v) is 4.08. The molecule has 0 radical (unpaired) electrons. The highest BCUT2D eigenvalue weighted by atomic mass is 79.9. The minimum absolute atomic E-state index is 0.610. The molecule has 0 bridgehead atoms. The fourth-order valence-corrected chi connectivity index (χ4v) is 2.63. The fourth-order valence-electron chi connectivity index (χ4n) is 2.30. The molecule has 5 heteroatoms. The second-order valence-electron chi connectivity index (χ2n) is 4.21. The monoisotopic (exact) mass is 268 g/mol. The summed E-state index contributed by atoms with van der Waals surface area (Å²) in [4.78, 5) is 8.92. The molecule has 0 saturated heterocycles. The third kappa shape index (κ3) is 1.40. The van der Waals surface area contributed by atoms with Crippen molar-refractivity contribution in [1.29, 1.82) is 0 Å². The van der Waals surface area contributed by atoms with Crippen LogP contribution in [-0.4, -0.2) is 19.6 Å². The average Bonchev–Trinajstić information content (AvgIpc) is 2.86. The molecule has 0 spiro atoms. The summed E-state index contributed by atoms with van der Waals surface area (Å²) in [5.74, 6) is 2.48. The number of rotatable bonds is 1. The van der Waals surface area contributed by atoms with Gasteiger partial charge in [-0.2, -0.15) is 4.98 Å². The summed E-state index contributed by atoms with van der Waals surface area (Å²) in [6.45, 7) is 1.97. The summed E-state index contributed by atoms with van der Waals surface area (Å²) in [5, 5.41) is 3.32. The van der Waals surface area contributed by atoms with E-state index in [-0.39, 0.29) is 0 Å². The predicted molar refractivity (Wildman–Crippen MR) is 61.0 cm³/mol. The number of nitrogens with zero attached hydrogens (tertiary/aromatic N) is 3. The van der Waals surface area contributed by atoms with E-state index in [4.69, 9.17) is 0 Å². The van der Waals surface area contributed by atoms with Gasteiger partial charge >= 0.3 is 0 Å². The molecule has 0 aromatic carbocycles. The van der Waals surface area contributed by atoms with Crippen molar-refractivity contribution in [2.75, 3.05) is 0 Å². The molecule has 4 nitrogen and oxygen atoms in total. The first kappa shape index (κ1) is 9.39. The molecule has 0 atom stereocenters. The van der Waals surface area contributed by atoms with E-state index in [1.807, 2.05) is 11.4 Å². The zero-order valence-corrected chi connectivity index (χ0v) is 10.2. The van der Waals surface area contributed by atoms with Crippen LogP contribution >= 0.6 is 15.9 Å². The number of hydrogen-bond acceptors (Lipinski definition) is 2. The normalized spacial score (nSPS) is 18.0. The van der Waals surface area contributed by atoms with Gasteiger partial charge in [0.1, 0.15) is 10.4 Å². The summed E-state index contributed by atoms with van der Waals surface area (Å²) in [7, 11) is 0. The van der Waals surface area contributed by atoms with Gasteiger partial charge in [0.2, 0.25) is 0 Å². The van der Waals surface area contributed by atoms with Crippen LogP contribution in [0.15, 0.2) is 4.60 Å². The number of halogens is 1. The van der Waals surface area contributed by atoms with Crippen molar-refractivity contribution in [3.8, 4) is 0 Å². The maximum Gasteiger partial charge on any atom is 0.251 e. The van der Waals surface area contributed by atoms with Gasteiger partial charge in [-0.25, -0.2) is 9.50 Å². The Kier molecular flexibility index (Phi) is 2.09. The molecular formula is C10H13BrN4. The molecule has 80 valence electrons. The summed E-state index contributed by atoms with van der Waals surface area (Å²) in [6.07, 6.45) is 5.17. The summed E-state index contributed by atoms with van der Waals surface area (Å²) >= 11 is 3.50. The number of aromatic amines is 1. The molecule has 0 unspecified atom stereocenters. The van der Waals surface area contributed by atoms with Gasteiger partial charge in [0.25, 0.3) is 5.78 Å². The zero-order chi connectivity index (χ0) is 10.4. The average molecular weight is 269 g/mol. The fraction of sp³-hybridized carbons (Fsp3) is 0.600. The minimum atomic E-state index is 0.610. The standard InChI is InChI=1S/C10H13BrN4/c1-6-8(11)15-10(12-6)13-9(14-15)7-4-2-3-5-7/h7H,2-5H2,1H3,(H,12,13,14).